The fraction of sp³-hybridized carbons (Fsp3) is 0.583. The Bertz CT molecular complexity index is 376. The lowest BCUT2D eigenvalue weighted by Gasteiger charge is -2.10. The largest absolute Gasteiger partial charge is 0.466 e. The van der Waals surface area contributed by atoms with Gasteiger partial charge in [-0.2, -0.15) is 0 Å². The van der Waals surface area contributed by atoms with Crippen LogP contribution in [0, 0.1) is 0 Å². The smallest absolute Gasteiger partial charge is 0.341 e. The van der Waals surface area contributed by atoms with Gasteiger partial charge in [0.05, 0.1) is 25.5 Å². The Labute approximate surface area is 121 Å². The lowest BCUT2D eigenvalue weighted by atomic mass is 10.0. The van der Waals surface area contributed by atoms with Gasteiger partial charge >= 0.3 is 11.9 Å². The standard InChI is InChI=1S/C12H16Cl2O5/c1-3-18-10(16)5-8(6-13)11(9(15)7-14)12(17)19-4-2/h3-7H2,1-2H3/b11-8+. The zero-order chi connectivity index (χ0) is 14.8. The van der Waals surface area contributed by atoms with Crippen LogP contribution in [0.1, 0.15) is 20.3 Å². The van der Waals surface area contributed by atoms with Gasteiger partial charge in [0, 0.05) is 5.88 Å². The van der Waals surface area contributed by atoms with E-state index in [9.17, 15) is 14.4 Å². The first-order valence-corrected chi connectivity index (χ1v) is 6.78. The van der Waals surface area contributed by atoms with Crippen LogP contribution in [0.2, 0.25) is 0 Å². The molecule has 0 aromatic carbocycles. The van der Waals surface area contributed by atoms with Gasteiger partial charge in [-0.3, -0.25) is 9.59 Å². The zero-order valence-corrected chi connectivity index (χ0v) is 12.3. The van der Waals surface area contributed by atoms with E-state index in [0.717, 1.165) is 0 Å². The molecule has 0 amide bonds. The number of Topliss-reactive ketones (excluding diaryl/α,β-unsaturated/α-hetero) is 1. The molecule has 19 heavy (non-hydrogen) atoms. The van der Waals surface area contributed by atoms with Gasteiger partial charge in [0.2, 0.25) is 0 Å². The first-order chi connectivity index (χ1) is 9.01. The zero-order valence-electron chi connectivity index (χ0n) is 10.8. The number of hydrogen-bond acceptors (Lipinski definition) is 5. The highest BCUT2D eigenvalue weighted by Crippen LogP contribution is 2.16. The summed E-state index contributed by atoms with van der Waals surface area (Å²) in [6, 6.07) is 0. The Kier molecular flexibility index (Phi) is 9.26. The normalized spacial score (nSPS) is 11.6. The summed E-state index contributed by atoms with van der Waals surface area (Å²) in [5, 5.41) is 0. The van der Waals surface area contributed by atoms with E-state index >= 15 is 0 Å². The molecule has 0 saturated carbocycles. The van der Waals surface area contributed by atoms with Gasteiger partial charge in [0.15, 0.2) is 5.78 Å². The van der Waals surface area contributed by atoms with Crippen molar-refractivity contribution in [1.29, 1.82) is 0 Å². The third kappa shape index (κ3) is 6.07. The summed E-state index contributed by atoms with van der Waals surface area (Å²) >= 11 is 11.1. The lowest BCUT2D eigenvalue weighted by molar-refractivity contribution is -0.142. The monoisotopic (exact) mass is 310 g/mol. The molecule has 0 atom stereocenters. The minimum Gasteiger partial charge on any atom is -0.466 e. The molecule has 0 aromatic rings. The second-order valence-electron chi connectivity index (χ2n) is 3.37. The summed E-state index contributed by atoms with van der Waals surface area (Å²) in [6.45, 7) is 3.56. The average molecular weight is 311 g/mol. The fourth-order valence-electron chi connectivity index (χ4n) is 1.31. The maximum atomic E-state index is 11.7. The molecule has 0 rings (SSSR count). The highest BCUT2D eigenvalue weighted by Gasteiger charge is 2.24. The molecule has 0 saturated heterocycles. The highest BCUT2D eigenvalue weighted by atomic mass is 35.5. The number of ketones is 1. The Morgan fingerprint density at radius 1 is 0.947 bits per heavy atom. The second-order valence-corrected chi connectivity index (χ2v) is 3.91. The van der Waals surface area contributed by atoms with Crippen LogP contribution in [-0.4, -0.2) is 42.7 Å². The third-order valence-corrected chi connectivity index (χ3v) is 2.62. The predicted octanol–water partition coefficient (Wildman–Crippen LogP) is 1.85. The maximum absolute atomic E-state index is 11.7. The highest BCUT2D eigenvalue weighted by molar-refractivity contribution is 6.35. The molecule has 0 aliphatic carbocycles. The van der Waals surface area contributed by atoms with Gasteiger partial charge < -0.3 is 9.47 Å². The van der Waals surface area contributed by atoms with E-state index in [0.29, 0.717) is 0 Å². The van der Waals surface area contributed by atoms with Crippen molar-refractivity contribution in [1.82, 2.24) is 0 Å². The van der Waals surface area contributed by atoms with E-state index < -0.39 is 23.6 Å². The van der Waals surface area contributed by atoms with Crippen LogP contribution >= 0.6 is 23.2 Å². The first kappa shape index (κ1) is 17.9. The van der Waals surface area contributed by atoms with E-state index in [2.05, 4.69) is 0 Å². The molecule has 0 heterocycles. The summed E-state index contributed by atoms with van der Waals surface area (Å²) in [4.78, 5) is 34.8. The van der Waals surface area contributed by atoms with E-state index in [-0.39, 0.29) is 36.7 Å². The van der Waals surface area contributed by atoms with E-state index in [1.54, 1.807) is 13.8 Å². The third-order valence-electron chi connectivity index (χ3n) is 2.06. The Morgan fingerprint density at radius 3 is 1.95 bits per heavy atom. The number of esters is 2. The number of rotatable bonds is 8. The number of hydrogen-bond donors (Lipinski definition) is 0. The van der Waals surface area contributed by atoms with Gasteiger partial charge in [-0.05, 0) is 19.4 Å². The minimum absolute atomic E-state index is 0.104. The number of alkyl halides is 2. The van der Waals surface area contributed by atoms with Gasteiger partial charge in [0.1, 0.15) is 5.57 Å². The number of ether oxygens (including phenoxy) is 2. The molecule has 0 aliphatic rings. The first-order valence-electron chi connectivity index (χ1n) is 5.71. The lowest BCUT2D eigenvalue weighted by Crippen LogP contribution is -2.21. The minimum atomic E-state index is -0.826. The molecule has 5 nitrogen and oxygen atoms in total. The molecule has 0 N–H and O–H groups in total. The molecule has 0 unspecified atom stereocenters. The summed E-state index contributed by atoms with van der Waals surface area (Å²) < 4.78 is 9.51. The summed E-state index contributed by atoms with van der Waals surface area (Å²) in [5.74, 6) is -2.57. The predicted molar refractivity (Wildman–Crippen MR) is 71.4 cm³/mol. The van der Waals surface area contributed by atoms with Crippen molar-refractivity contribution >= 4 is 40.9 Å². The number of carbonyl (C=O) groups is 3. The molecule has 0 bridgehead atoms. The number of halogens is 2. The molecule has 0 aromatic heterocycles. The van der Waals surface area contributed by atoms with Crippen molar-refractivity contribution in [3.05, 3.63) is 11.1 Å². The SMILES string of the molecule is CCOC(=O)C/C(CCl)=C(/C(=O)CCl)C(=O)OCC. The van der Waals surface area contributed by atoms with Crippen LogP contribution in [-0.2, 0) is 23.9 Å². The van der Waals surface area contributed by atoms with Crippen LogP contribution in [0.25, 0.3) is 0 Å². The second kappa shape index (κ2) is 9.81. The molecule has 0 fully saturated rings. The molecular formula is C12H16Cl2O5. The van der Waals surface area contributed by atoms with Crippen molar-refractivity contribution in [2.24, 2.45) is 0 Å². The molecule has 0 spiro atoms. The molecule has 7 heteroatoms. The molecular weight excluding hydrogens is 295 g/mol. The fourth-order valence-corrected chi connectivity index (χ4v) is 1.68. The van der Waals surface area contributed by atoms with Crippen molar-refractivity contribution in [3.8, 4) is 0 Å². The van der Waals surface area contributed by atoms with Crippen molar-refractivity contribution < 1.29 is 23.9 Å². The topological polar surface area (TPSA) is 69.7 Å². The van der Waals surface area contributed by atoms with Gasteiger partial charge in [-0.25, -0.2) is 4.79 Å². The van der Waals surface area contributed by atoms with E-state index in [4.69, 9.17) is 32.7 Å². The van der Waals surface area contributed by atoms with Gasteiger partial charge in [-0.1, -0.05) is 0 Å². The van der Waals surface area contributed by atoms with E-state index in [1.165, 1.54) is 0 Å². The molecule has 0 radical (unpaired) electrons. The molecule has 0 aliphatic heterocycles. The quantitative estimate of drug-likeness (QED) is 0.225. The van der Waals surface area contributed by atoms with Crippen LogP contribution in [0.4, 0.5) is 0 Å². The Balaban J connectivity index is 5.31. The van der Waals surface area contributed by atoms with Gasteiger partial charge in [-0.15, -0.1) is 23.2 Å². The van der Waals surface area contributed by atoms with Crippen LogP contribution < -0.4 is 0 Å². The van der Waals surface area contributed by atoms with Crippen molar-refractivity contribution in [2.75, 3.05) is 25.0 Å². The van der Waals surface area contributed by atoms with Crippen LogP contribution in [0.15, 0.2) is 11.1 Å². The van der Waals surface area contributed by atoms with E-state index in [1.807, 2.05) is 0 Å². The Morgan fingerprint density at radius 2 is 1.53 bits per heavy atom. The summed E-state index contributed by atoms with van der Waals surface area (Å²) in [6.07, 6.45) is -0.242. The van der Waals surface area contributed by atoms with Crippen molar-refractivity contribution in [3.63, 3.8) is 0 Å². The van der Waals surface area contributed by atoms with Gasteiger partial charge in [0.25, 0.3) is 0 Å². The summed E-state index contributed by atoms with van der Waals surface area (Å²) in [7, 11) is 0. The number of carbonyl (C=O) groups excluding carboxylic acids is 3. The van der Waals surface area contributed by atoms with Crippen LogP contribution in [0.3, 0.4) is 0 Å². The Hall–Kier alpha value is -1.07. The molecule has 108 valence electrons. The van der Waals surface area contributed by atoms with Crippen molar-refractivity contribution in [2.45, 2.75) is 20.3 Å². The van der Waals surface area contributed by atoms with Crippen LogP contribution in [0.5, 0.6) is 0 Å². The maximum Gasteiger partial charge on any atom is 0.341 e. The summed E-state index contributed by atoms with van der Waals surface area (Å²) in [5.41, 5.74) is -0.107. The average Bonchev–Trinajstić information content (AvgIpc) is 2.38.